The number of aromatic nitrogens is 2. The van der Waals surface area contributed by atoms with Gasteiger partial charge in [-0.05, 0) is 42.2 Å². The molecule has 1 aliphatic carbocycles. The third kappa shape index (κ3) is 2.34. The van der Waals surface area contributed by atoms with Crippen LogP contribution < -0.4 is 21.0 Å². The molecule has 0 unspecified atom stereocenters. The molecule has 2 N–H and O–H groups in total. The molecule has 1 saturated carbocycles. The van der Waals surface area contributed by atoms with Gasteiger partial charge in [0.2, 0.25) is 0 Å². The van der Waals surface area contributed by atoms with Crippen molar-refractivity contribution >= 4 is 17.3 Å². The highest BCUT2D eigenvalue weighted by molar-refractivity contribution is 5.60. The second-order valence-electron chi connectivity index (χ2n) is 5.10. The number of H-pyrrole nitrogens is 2. The van der Waals surface area contributed by atoms with Gasteiger partial charge in [-0.2, -0.15) is 0 Å². The van der Waals surface area contributed by atoms with E-state index in [9.17, 15) is 4.79 Å². The first-order valence-electron chi connectivity index (χ1n) is 6.43. The molecule has 0 saturated heterocycles. The molecule has 1 heterocycles. The van der Waals surface area contributed by atoms with E-state index in [4.69, 9.17) is 0 Å². The lowest BCUT2D eigenvalue weighted by molar-refractivity contribution is 1.03. The van der Waals surface area contributed by atoms with Gasteiger partial charge >= 0.3 is 0 Å². The van der Waals surface area contributed by atoms with Crippen molar-refractivity contribution in [2.24, 2.45) is 0 Å². The maximum atomic E-state index is 11.8. The number of aromatic amines is 2. The fourth-order valence-corrected chi connectivity index (χ4v) is 2.13. The quantitative estimate of drug-likeness (QED) is 0.823. The maximum Gasteiger partial charge on any atom is 0.271 e. The van der Waals surface area contributed by atoms with E-state index in [2.05, 4.69) is 27.2 Å². The molecule has 98 valence electrons. The molecule has 19 heavy (non-hydrogen) atoms. The molecular formula is C15H17N3O. The highest BCUT2D eigenvalue weighted by atomic mass is 16.1. The Kier molecular flexibility index (Phi) is 2.78. The highest BCUT2D eigenvalue weighted by Gasteiger charge is 2.14. The minimum absolute atomic E-state index is 0.0499. The predicted molar refractivity (Wildman–Crippen MR) is 77.6 cm³/mol. The minimum Gasteiger partial charge on any atom is -0.378 e. The van der Waals surface area contributed by atoms with Gasteiger partial charge in [0.15, 0.2) is 0 Å². The van der Waals surface area contributed by atoms with Crippen LogP contribution in [0.2, 0.25) is 0 Å². The van der Waals surface area contributed by atoms with Crippen LogP contribution in [0.4, 0.5) is 5.69 Å². The first-order chi connectivity index (χ1) is 9.15. The van der Waals surface area contributed by atoms with Crippen LogP contribution in [0.25, 0.3) is 11.6 Å². The van der Waals surface area contributed by atoms with Crippen molar-refractivity contribution in [3.05, 3.63) is 50.8 Å². The Morgan fingerprint density at radius 1 is 1.11 bits per heavy atom. The van der Waals surface area contributed by atoms with Crippen molar-refractivity contribution in [2.75, 3.05) is 19.0 Å². The molecule has 1 aromatic carbocycles. The lowest BCUT2D eigenvalue weighted by atomic mass is 10.1. The summed E-state index contributed by atoms with van der Waals surface area (Å²) in [6.45, 7) is 0. The molecule has 0 spiro atoms. The van der Waals surface area contributed by atoms with Crippen LogP contribution in [0.3, 0.4) is 0 Å². The van der Waals surface area contributed by atoms with Crippen LogP contribution in [-0.4, -0.2) is 24.3 Å². The Bertz CT molecular complexity index is 757. The molecule has 1 fully saturated rings. The van der Waals surface area contributed by atoms with Gasteiger partial charge in [-0.1, -0.05) is 12.1 Å². The summed E-state index contributed by atoms with van der Waals surface area (Å²) in [4.78, 5) is 13.9. The normalized spacial score (nSPS) is 14.8. The number of anilines is 1. The first kappa shape index (κ1) is 11.8. The Labute approximate surface area is 111 Å². The molecule has 4 nitrogen and oxygen atoms in total. The smallest absolute Gasteiger partial charge is 0.271 e. The zero-order chi connectivity index (χ0) is 13.4. The van der Waals surface area contributed by atoms with E-state index in [1.54, 1.807) is 0 Å². The van der Waals surface area contributed by atoms with Crippen molar-refractivity contribution in [3.8, 4) is 0 Å². The Hall–Kier alpha value is -2.23. The van der Waals surface area contributed by atoms with Crippen molar-refractivity contribution < 1.29 is 0 Å². The average molecular weight is 255 g/mol. The summed E-state index contributed by atoms with van der Waals surface area (Å²) < 4.78 is 0. The summed E-state index contributed by atoms with van der Waals surface area (Å²) in [5, 5.41) is 7.35. The maximum absolute atomic E-state index is 11.8. The summed E-state index contributed by atoms with van der Waals surface area (Å²) in [6, 6.07) is 8.17. The number of nitrogens with one attached hydrogen (secondary N) is 2. The SMILES string of the molecule is CN(C)c1ccc(C=c2c(=O)[nH][nH]c2=C2CC2)cc1. The monoisotopic (exact) mass is 255 g/mol. The second-order valence-corrected chi connectivity index (χ2v) is 5.10. The van der Waals surface area contributed by atoms with Gasteiger partial charge in [0.1, 0.15) is 0 Å². The van der Waals surface area contributed by atoms with Gasteiger partial charge in [0.05, 0.1) is 10.6 Å². The summed E-state index contributed by atoms with van der Waals surface area (Å²) in [5.74, 6) is 0. The molecule has 1 aromatic heterocycles. The molecular weight excluding hydrogens is 238 g/mol. The summed E-state index contributed by atoms with van der Waals surface area (Å²) >= 11 is 0. The van der Waals surface area contributed by atoms with Crippen LogP contribution in [0, 0.1) is 0 Å². The summed E-state index contributed by atoms with van der Waals surface area (Å²) in [6.07, 6.45) is 4.12. The predicted octanol–water partition coefficient (Wildman–Crippen LogP) is 0.542. The highest BCUT2D eigenvalue weighted by Crippen LogP contribution is 2.26. The fourth-order valence-electron chi connectivity index (χ4n) is 2.13. The number of benzene rings is 1. The second kappa shape index (κ2) is 4.46. The van der Waals surface area contributed by atoms with E-state index in [0.717, 1.165) is 34.7 Å². The van der Waals surface area contributed by atoms with Crippen LogP contribution in [0.5, 0.6) is 0 Å². The van der Waals surface area contributed by atoms with Gasteiger partial charge in [0, 0.05) is 19.8 Å². The largest absolute Gasteiger partial charge is 0.378 e. The fraction of sp³-hybridized carbons (Fsp3) is 0.267. The lowest BCUT2D eigenvalue weighted by Gasteiger charge is -2.11. The average Bonchev–Trinajstić information content (AvgIpc) is 3.17. The third-order valence-corrected chi connectivity index (χ3v) is 3.39. The Balaban J connectivity index is 2.10. The van der Waals surface area contributed by atoms with Gasteiger partial charge in [0.25, 0.3) is 5.56 Å². The van der Waals surface area contributed by atoms with Crippen LogP contribution in [0.15, 0.2) is 29.1 Å². The van der Waals surface area contributed by atoms with Crippen LogP contribution in [0.1, 0.15) is 18.4 Å². The zero-order valence-electron chi connectivity index (χ0n) is 11.2. The van der Waals surface area contributed by atoms with Gasteiger partial charge < -0.3 is 4.90 Å². The van der Waals surface area contributed by atoms with Crippen molar-refractivity contribution in [2.45, 2.75) is 12.8 Å². The molecule has 0 aliphatic heterocycles. The molecule has 4 heteroatoms. The van der Waals surface area contributed by atoms with Crippen molar-refractivity contribution in [3.63, 3.8) is 0 Å². The van der Waals surface area contributed by atoms with E-state index >= 15 is 0 Å². The van der Waals surface area contributed by atoms with E-state index in [-0.39, 0.29) is 5.56 Å². The van der Waals surface area contributed by atoms with Gasteiger partial charge in [-0.15, -0.1) is 0 Å². The number of hydrogen-bond acceptors (Lipinski definition) is 2. The Morgan fingerprint density at radius 3 is 2.37 bits per heavy atom. The summed E-state index contributed by atoms with van der Waals surface area (Å²) in [7, 11) is 4.02. The summed E-state index contributed by atoms with van der Waals surface area (Å²) in [5.41, 5.74) is 3.47. The number of rotatable bonds is 2. The van der Waals surface area contributed by atoms with Gasteiger partial charge in [-0.3, -0.25) is 15.0 Å². The number of nitrogens with zero attached hydrogens (tertiary/aromatic N) is 1. The van der Waals surface area contributed by atoms with Crippen molar-refractivity contribution in [1.82, 2.24) is 10.2 Å². The van der Waals surface area contributed by atoms with E-state index in [1.165, 1.54) is 5.57 Å². The van der Waals surface area contributed by atoms with Crippen LogP contribution in [-0.2, 0) is 0 Å². The molecule has 0 bridgehead atoms. The van der Waals surface area contributed by atoms with E-state index in [1.807, 2.05) is 32.3 Å². The Morgan fingerprint density at radius 2 is 1.79 bits per heavy atom. The first-order valence-corrected chi connectivity index (χ1v) is 6.43. The molecule has 0 radical (unpaired) electrons. The van der Waals surface area contributed by atoms with E-state index in [0.29, 0.717) is 0 Å². The molecule has 0 amide bonds. The van der Waals surface area contributed by atoms with Crippen molar-refractivity contribution in [1.29, 1.82) is 0 Å². The lowest BCUT2D eigenvalue weighted by Crippen LogP contribution is -2.33. The molecule has 3 rings (SSSR count). The zero-order valence-corrected chi connectivity index (χ0v) is 11.2. The topological polar surface area (TPSA) is 51.9 Å². The molecule has 0 atom stereocenters. The standard InChI is InChI=1S/C15H17N3O/c1-18(2)12-7-3-10(4-8-12)9-13-14(11-5-6-11)16-17-15(13)19/h3-4,7-9,16H,5-6H2,1-2H3,(H,17,19). The minimum atomic E-state index is -0.0499. The number of hydrogen-bond donors (Lipinski definition) is 2. The van der Waals surface area contributed by atoms with Crippen LogP contribution >= 0.6 is 0 Å². The van der Waals surface area contributed by atoms with Gasteiger partial charge in [-0.25, -0.2) is 0 Å². The molecule has 2 aromatic rings. The van der Waals surface area contributed by atoms with E-state index < -0.39 is 0 Å². The molecule has 1 aliphatic rings. The third-order valence-electron chi connectivity index (χ3n) is 3.39.